The molecule has 8 heteroatoms. The maximum Gasteiger partial charge on any atom is 0.180 e. The lowest BCUT2D eigenvalue weighted by atomic mass is 10.2. The molecule has 0 spiro atoms. The van der Waals surface area contributed by atoms with Crippen LogP contribution < -0.4 is 10.2 Å². The Morgan fingerprint density at radius 1 is 1.03 bits per heavy atom. The second-order valence-corrected chi connectivity index (χ2v) is 8.50. The molecular weight excluding hydrogens is 407 g/mol. The van der Waals surface area contributed by atoms with Gasteiger partial charge in [0.05, 0.1) is 0 Å². The van der Waals surface area contributed by atoms with E-state index in [0.29, 0.717) is 11.7 Å². The summed E-state index contributed by atoms with van der Waals surface area (Å²) < 4.78 is 0. The Kier molecular flexibility index (Phi) is 5.16. The van der Waals surface area contributed by atoms with Crippen LogP contribution in [-0.4, -0.2) is 52.1 Å². The summed E-state index contributed by atoms with van der Waals surface area (Å²) in [5.74, 6) is 1.78. The first-order chi connectivity index (χ1) is 14.2. The lowest BCUT2D eigenvalue weighted by Crippen LogP contribution is -2.46. The topological polar surface area (TPSA) is 57.2 Å². The first-order valence-electron chi connectivity index (χ1n) is 9.96. The monoisotopic (exact) mass is 428 g/mol. The van der Waals surface area contributed by atoms with Crippen LogP contribution in [0.1, 0.15) is 18.4 Å². The number of hydrogen-bond acceptors (Lipinski definition) is 6. The largest absolute Gasteiger partial charge is 0.364 e. The van der Waals surface area contributed by atoms with Crippen molar-refractivity contribution in [3.63, 3.8) is 0 Å². The van der Waals surface area contributed by atoms with E-state index in [-0.39, 0.29) is 0 Å². The second kappa shape index (κ2) is 7.94. The Hall–Kier alpha value is -2.15. The molecule has 2 fully saturated rings. The molecule has 6 nitrogen and oxygen atoms in total. The molecule has 1 aromatic carbocycles. The number of aromatic nitrogens is 3. The number of nitrogens with zero attached hydrogens (tertiary/aromatic N) is 5. The summed E-state index contributed by atoms with van der Waals surface area (Å²) in [6, 6.07) is 10.0. The number of halogens is 2. The molecule has 0 bridgehead atoms. The van der Waals surface area contributed by atoms with Crippen LogP contribution in [0, 0.1) is 0 Å². The summed E-state index contributed by atoms with van der Waals surface area (Å²) in [6.45, 7) is 4.40. The predicted octanol–water partition coefficient (Wildman–Crippen LogP) is 4.23. The number of benzene rings is 1. The van der Waals surface area contributed by atoms with E-state index in [4.69, 9.17) is 33.2 Å². The number of nitrogens with one attached hydrogen (secondary N) is 1. The highest BCUT2D eigenvalue weighted by Gasteiger charge is 2.27. The molecule has 3 aromatic rings. The summed E-state index contributed by atoms with van der Waals surface area (Å²) in [5, 5.41) is 5.03. The Bertz CT molecular complexity index is 1030. The van der Waals surface area contributed by atoms with E-state index in [1.54, 1.807) is 6.20 Å². The van der Waals surface area contributed by atoms with Crippen LogP contribution in [0.3, 0.4) is 0 Å². The maximum atomic E-state index is 6.34. The Morgan fingerprint density at radius 3 is 2.66 bits per heavy atom. The molecule has 0 atom stereocenters. The van der Waals surface area contributed by atoms with E-state index in [9.17, 15) is 0 Å². The molecule has 3 heterocycles. The lowest BCUT2D eigenvalue weighted by molar-refractivity contribution is 0.249. The van der Waals surface area contributed by atoms with Crippen LogP contribution in [0.5, 0.6) is 0 Å². The molecule has 150 valence electrons. The number of pyridine rings is 1. The highest BCUT2D eigenvalue weighted by molar-refractivity contribution is 6.33. The van der Waals surface area contributed by atoms with E-state index in [2.05, 4.69) is 20.1 Å². The van der Waals surface area contributed by atoms with E-state index < -0.39 is 0 Å². The van der Waals surface area contributed by atoms with E-state index in [1.807, 2.05) is 30.3 Å². The summed E-state index contributed by atoms with van der Waals surface area (Å²) in [6.07, 6.45) is 4.15. The van der Waals surface area contributed by atoms with Gasteiger partial charge in [-0.25, -0.2) is 15.0 Å². The predicted molar refractivity (Wildman–Crippen MR) is 118 cm³/mol. The first kappa shape index (κ1) is 18.9. The molecule has 2 aliphatic rings. The van der Waals surface area contributed by atoms with Gasteiger partial charge in [-0.15, -0.1) is 0 Å². The van der Waals surface area contributed by atoms with Gasteiger partial charge >= 0.3 is 0 Å². The molecule has 1 saturated heterocycles. The molecule has 0 unspecified atom stereocenters. The third-order valence-corrected chi connectivity index (χ3v) is 6.02. The van der Waals surface area contributed by atoms with Crippen LogP contribution in [0.2, 0.25) is 10.0 Å². The molecule has 1 saturated carbocycles. The number of fused-ring (bicyclic) bond motifs is 1. The van der Waals surface area contributed by atoms with Crippen molar-refractivity contribution in [2.75, 3.05) is 36.4 Å². The SMILES string of the molecule is Clc1ccc(Cl)c(CN2CCN(c3nc4ncccc4nc3NC3CC3)CC2)c1. The smallest absolute Gasteiger partial charge is 0.180 e. The minimum atomic E-state index is 0.517. The zero-order valence-corrected chi connectivity index (χ0v) is 17.5. The first-order valence-corrected chi connectivity index (χ1v) is 10.7. The van der Waals surface area contributed by atoms with Gasteiger partial charge in [0.1, 0.15) is 5.52 Å². The van der Waals surface area contributed by atoms with Gasteiger partial charge in [0.25, 0.3) is 0 Å². The van der Waals surface area contributed by atoms with Gasteiger partial charge in [-0.1, -0.05) is 23.2 Å². The zero-order valence-electron chi connectivity index (χ0n) is 16.0. The average molecular weight is 429 g/mol. The van der Waals surface area contributed by atoms with Crippen molar-refractivity contribution >= 4 is 46.0 Å². The number of rotatable bonds is 5. The number of anilines is 2. The van der Waals surface area contributed by atoms with Crippen molar-refractivity contribution in [2.45, 2.75) is 25.4 Å². The summed E-state index contributed by atoms with van der Waals surface area (Å²) >= 11 is 12.5. The van der Waals surface area contributed by atoms with Crippen molar-refractivity contribution in [1.82, 2.24) is 19.9 Å². The van der Waals surface area contributed by atoms with Crippen LogP contribution in [0.4, 0.5) is 11.6 Å². The number of piperazine rings is 1. The fourth-order valence-electron chi connectivity index (χ4n) is 3.65. The molecule has 0 amide bonds. The van der Waals surface area contributed by atoms with Gasteiger partial charge < -0.3 is 10.2 Å². The van der Waals surface area contributed by atoms with Crippen molar-refractivity contribution in [1.29, 1.82) is 0 Å². The summed E-state index contributed by atoms with van der Waals surface area (Å²) in [4.78, 5) is 18.8. The summed E-state index contributed by atoms with van der Waals surface area (Å²) in [5.41, 5.74) is 2.59. The fraction of sp³-hybridized carbons (Fsp3) is 0.381. The van der Waals surface area contributed by atoms with E-state index in [1.165, 1.54) is 12.8 Å². The standard InChI is InChI=1S/C21H22Cl2N6/c22-15-3-6-17(23)14(12-15)13-28-8-10-29(11-9-28)21-20(25-16-4-5-16)26-18-2-1-7-24-19(18)27-21/h1-3,6-7,12,16H,4-5,8-11,13H2,(H,25,26). The molecule has 0 radical (unpaired) electrons. The van der Waals surface area contributed by atoms with Gasteiger partial charge in [0.2, 0.25) is 0 Å². The minimum Gasteiger partial charge on any atom is -0.364 e. The molecular formula is C21H22Cl2N6. The maximum absolute atomic E-state index is 6.34. The Labute approximate surface area is 179 Å². The van der Waals surface area contributed by atoms with E-state index >= 15 is 0 Å². The molecule has 2 aromatic heterocycles. The molecule has 1 aliphatic carbocycles. The van der Waals surface area contributed by atoms with Gasteiger partial charge in [-0.05, 0) is 48.7 Å². The Morgan fingerprint density at radius 2 is 1.86 bits per heavy atom. The van der Waals surface area contributed by atoms with Gasteiger partial charge in [-0.3, -0.25) is 4.90 Å². The van der Waals surface area contributed by atoms with Crippen LogP contribution in [0.15, 0.2) is 36.5 Å². The van der Waals surface area contributed by atoms with Gasteiger partial charge in [-0.2, -0.15) is 0 Å². The Balaban J connectivity index is 1.33. The van der Waals surface area contributed by atoms with Crippen LogP contribution in [0.25, 0.3) is 11.2 Å². The quantitative estimate of drug-likeness (QED) is 0.655. The van der Waals surface area contributed by atoms with Crippen LogP contribution in [-0.2, 0) is 6.54 Å². The molecule has 1 aliphatic heterocycles. The van der Waals surface area contributed by atoms with Crippen molar-refractivity contribution in [3.05, 3.63) is 52.1 Å². The van der Waals surface area contributed by atoms with Crippen LogP contribution >= 0.6 is 23.2 Å². The van der Waals surface area contributed by atoms with Crippen molar-refractivity contribution < 1.29 is 0 Å². The molecule has 1 N–H and O–H groups in total. The van der Waals surface area contributed by atoms with Gasteiger partial charge in [0.15, 0.2) is 17.3 Å². The highest BCUT2D eigenvalue weighted by atomic mass is 35.5. The third-order valence-electron chi connectivity index (χ3n) is 5.41. The second-order valence-electron chi connectivity index (χ2n) is 7.66. The fourth-order valence-corrected chi connectivity index (χ4v) is 4.02. The highest BCUT2D eigenvalue weighted by Crippen LogP contribution is 2.31. The number of hydrogen-bond donors (Lipinski definition) is 1. The average Bonchev–Trinajstić information content (AvgIpc) is 3.55. The van der Waals surface area contributed by atoms with Gasteiger partial charge in [0, 0.05) is 55.0 Å². The minimum absolute atomic E-state index is 0.517. The molecule has 29 heavy (non-hydrogen) atoms. The van der Waals surface area contributed by atoms with Crippen molar-refractivity contribution in [3.8, 4) is 0 Å². The van der Waals surface area contributed by atoms with Crippen molar-refractivity contribution in [2.24, 2.45) is 0 Å². The third kappa shape index (κ3) is 4.25. The normalized spacial score (nSPS) is 17.7. The summed E-state index contributed by atoms with van der Waals surface area (Å²) in [7, 11) is 0. The molecule has 5 rings (SSSR count). The zero-order chi connectivity index (χ0) is 19.8. The lowest BCUT2D eigenvalue weighted by Gasteiger charge is -2.36. The van der Waals surface area contributed by atoms with E-state index in [0.717, 1.165) is 65.5 Å².